The molecule has 0 saturated carbocycles. The van der Waals surface area contributed by atoms with Crippen LogP contribution in [0.4, 0.5) is 11.6 Å². The molecule has 0 amide bonds. The molecular weight excluding hydrogens is 312 g/mol. The summed E-state index contributed by atoms with van der Waals surface area (Å²) in [4.78, 5) is 16.7. The van der Waals surface area contributed by atoms with Crippen molar-refractivity contribution >= 4 is 39.3 Å². The molecule has 0 spiro atoms. The Kier molecular flexibility index (Phi) is 3.86. The summed E-state index contributed by atoms with van der Waals surface area (Å²) in [6, 6.07) is 3.65. The molecular formula is C12H12N4O3S2. The molecule has 0 aliphatic heterocycles. The fourth-order valence-corrected chi connectivity index (χ4v) is 3.64. The van der Waals surface area contributed by atoms with Crippen LogP contribution in [0.2, 0.25) is 0 Å². The topological polar surface area (TPSA) is 92.7 Å². The van der Waals surface area contributed by atoms with E-state index in [1.54, 1.807) is 11.6 Å². The van der Waals surface area contributed by atoms with Gasteiger partial charge in [-0.25, -0.2) is 0 Å². The van der Waals surface area contributed by atoms with Gasteiger partial charge in [0.05, 0.1) is 6.04 Å². The first-order valence-corrected chi connectivity index (χ1v) is 7.97. The second-order valence-electron chi connectivity index (χ2n) is 4.32. The molecule has 7 nitrogen and oxygen atoms in total. The van der Waals surface area contributed by atoms with Crippen molar-refractivity contribution in [2.75, 3.05) is 11.9 Å². The third-order valence-electron chi connectivity index (χ3n) is 3.03. The van der Waals surface area contributed by atoms with Gasteiger partial charge in [-0.15, -0.1) is 11.3 Å². The molecule has 0 saturated heterocycles. The van der Waals surface area contributed by atoms with Gasteiger partial charge in [0.25, 0.3) is 4.96 Å². The SMILES string of the molecule is O=[N+]([O-])c1c(NC(CCO)c2cccs2)nc2sccn12. The molecule has 0 bridgehead atoms. The van der Waals surface area contributed by atoms with E-state index in [-0.39, 0.29) is 24.3 Å². The number of thiophene rings is 1. The van der Waals surface area contributed by atoms with Crippen LogP contribution in [-0.4, -0.2) is 26.0 Å². The van der Waals surface area contributed by atoms with Crippen molar-refractivity contribution in [1.29, 1.82) is 0 Å². The third-order valence-corrected chi connectivity index (χ3v) is 4.77. The Morgan fingerprint density at radius 2 is 2.33 bits per heavy atom. The van der Waals surface area contributed by atoms with Crippen LogP contribution >= 0.6 is 22.7 Å². The number of hydrogen-bond donors (Lipinski definition) is 2. The summed E-state index contributed by atoms with van der Waals surface area (Å²) in [5, 5.41) is 27.3. The number of nitro groups is 1. The fourth-order valence-electron chi connectivity index (χ4n) is 2.11. The number of aliphatic hydroxyl groups is 1. The van der Waals surface area contributed by atoms with Crippen molar-refractivity contribution in [2.45, 2.75) is 12.5 Å². The maximum atomic E-state index is 11.3. The molecule has 0 aliphatic carbocycles. The molecule has 3 rings (SSSR count). The van der Waals surface area contributed by atoms with E-state index < -0.39 is 4.92 Å². The summed E-state index contributed by atoms with van der Waals surface area (Å²) in [5.74, 6) is 0.157. The van der Waals surface area contributed by atoms with Crippen molar-refractivity contribution in [1.82, 2.24) is 9.38 Å². The average molecular weight is 324 g/mol. The molecule has 3 aromatic rings. The Hall–Kier alpha value is -1.97. The standard InChI is InChI=1S/C12H12N4O3S2/c17-5-3-8(9-2-1-6-20-9)13-10-11(16(18)19)15-4-7-21-12(15)14-10/h1-2,4,6-8,13,17H,3,5H2. The highest BCUT2D eigenvalue weighted by atomic mass is 32.1. The number of nitrogens with zero attached hydrogens (tertiary/aromatic N) is 3. The van der Waals surface area contributed by atoms with E-state index in [1.165, 1.54) is 27.1 Å². The number of imidazole rings is 1. The predicted molar refractivity (Wildman–Crippen MR) is 82.1 cm³/mol. The number of aromatic nitrogens is 2. The minimum Gasteiger partial charge on any atom is -0.396 e. The van der Waals surface area contributed by atoms with Gasteiger partial charge in [0, 0.05) is 16.9 Å². The van der Waals surface area contributed by atoms with E-state index in [4.69, 9.17) is 0 Å². The molecule has 0 aromatic carbocycles. The maximum absolute atomic E-state index is 11.3. The van der Waals surface area contributed by atoms with Crippen molar-refractivity contribution in [3.63, 3.8) is 0 Å². The van der Waals surface area contributed by atoms with Gasteiger partial charge in [-0.2, -0.15) is 9.38 Å². The molecule has 110 valence electrons. The molecule has 2 N–H and O–H groups in total. The van der Waals surface area contributed by atoms with Crippen molar-refractivity contribution in [2.24, 2.45) is 0 Å². The lowest BCUT2D eigenvalue weighted by Gasteiger charge is -2.15. The van der Waals surface area contributed by atoms with Crippen molar-refractivity contribution in [3.8, 4) is 0 Å². The number of aliphatic hydroxyl groups excluding tert-OH is 1. The van der Waals surface area contributed by atoms with Crippen molar-refractivity contribution in [3.05, 3.63) is 44.1 Å². The van der Waals surface area contributed by atoms with Gasteiger partial charge >= 0.3 is 5.82 Å². The summed E-state index contributed by atoms with van der Waals surface area (Å²) in [6.07, 6.45) is 2.09. The zero-order valence-electron chi connectivity index (χ0n) is 10.8. The maximum Gasteiger partial charge on any atom is 0.372 e. The van der Waals surface area contributed by atoms with Gasteiger partial charge in [0.1, 0.15) is 6.20 Å². The van der Waals surface area contributed by atoms with Gasteiger partial charge < -0.3 is 20.5 Å². The second kappa shape index (κ2) is 5.80. The highest BCUT2D eigenvalue weighted by Crippen LogP contribution is 2.32. The average Bonchev–Trinajstić information content (AvgIpc) is 3.14. The third kappa shape index (κ3) is 2.62. The van der Waals surface area contributed by atoms with Gasteiger partial charge in [-0.1, -0.05) is 17.4 Å². The number of nitrogens with one attached hydrogen (secondary N) is 1. The molecule has 21 heavy (non-hydrogen) atoms. The summed E-state index contributed by atoms with van der Waals surface area (Å²) in [6.45, 7) is -0.00835. The summed E-state index contributed by atoms with van der Waals surface area (Å²) < 4.78 is 1.46. The zero-order valence-corrected chi connectivity index (χ0v) is 12.4. The monoisotopic (exact) mass is 324 g/mol. The lowest BCUT2D eigenvalue weighted by Crippen LogP contribution is -2.12. The first kappa shape index (κ1) is 14.0. The molecule has 0 radical (unpaired) electrons. The molecule has 0 fully saturated rings. The number of hydrogen-bond acceptors (Lipinski definition) is 7. The van der Waals surface area contributed by atoms with Crippen LogP contribution in [0.1, 0.15) is 17.3 Å². The Bertz CT molecular complexity index is 750. The van der Waals surface area contributed by atoms with Crippen LogP contribution in [0.5, 0.6) is 0 Å². The van der Waals surface area contributed by atoms with Gasteiger partial charge in [-0.05, 0) is 22.8 Å². The lowest BCUT2D eigenvalue weighted by atomic mass is 10.2. The Balaban J connectivity index is 1.97. The molecule has 9 heteroatoms. The predicted octanol–water partition coefficient (Wildman–Crippen LogP) is 2.90. The van der Waals surface area contributed by atoms with Crippen LogP contribution in [0.3, 0.4) is 0 Å². The molecule has 3 aromatic heterocycles. The highest BCUT2D eigenvalue weighted by molar-refractivity contribution is 7.15. The summed E-state index contributed by atoms with van der Waals surface area (Å²) >= 11 is 2.88. The smallest absolute Gasteiger partial charge is 0.372 e. The van der Waals surface area contributed by atoms with Crippen LogP contribution in [0.15, 0.2) is 29.1 Å². The largest absolute Gasteiger partial charge is 0.396 e. The van der Waals surface area contributed by atoms with E-state index in [0.29, 0.717) is 11.4 Å². The van der Waals surface area contributed by atoms with Crippen LogP contribution in [0.25, 0.3) is 4.96 Å². The van der Waals surface area contributed by atoms with Crippen LogP contribution < -0.4 is 5.32 Å². The summed E-state index contributed by atoms with van der Waals surface area (Å²) in [7, 11) is 0. The first-order valence-electron chi connectivity index (χ1n) is 6.21. The first-order chi connectivity index (χ1) is 10.2. The van der Waals surface area contributed by atoms with Gasteiger partial charge in [0.2, 0.25) is 5.82 Å². The number of anilines is 1. The molecule has 3 heterocycles. The van der Waals surface area contributed by atoms with E-state index in [0.717, 1.165) is 4.88 Å². The van der Waals surface area contributed by atoms with Crippen LogP contribution in [-0.2, 0) is 0 Å². The van der Waals surface area contributed by atoms with Crippen LogP contribution in [0, 0.1) is 10.1 Å². The van der Waals surface area contributed by atoms with Gasteiger partial charge in [0.15, 0.2) is 0 Å². The molecule has 1 atom stereocenters. The minimum atomic E-state index is -0.445. The summed E-state index contributed by atoms with van der Waals surface area (Å²) in [5.41, 5.74) is 0. The van der Waals surface area contributed by atoms with Crippen molar-refractivity contribution < 1.29 is 10.0 Å². The number of rotatable bonds is 6. The lowest BCUT2D eigenvalue weighted by molar-refractivity contribution is -0.389. The Morgan fingerprint density at radius 1 is 1.48 bits per heavy atom. The quantitative estimate of drug-likeness (QED) is 0.537. The molecule has 0 aliphatic rings. The number of thiazole rings is 1. The van der Waals surface area contributed by atoms with E-state index in [9.17, 15) is 15.2 Å². The second-order valence-corrected chi connectivity index (χ2v) is 6.17. The number of fused-ring (bicyclic) bond motifs is 1. The fraction of sp³-hybridized carbons (Fsp3) is 0.250. The Morgan fingerprint density at radius 3 is 3.00 bits per heavy atom. The zero-order chi connectivity index (χ0) is 14.8. The van der Waals surface area contributed by atoms with Gasteiger partial charge in [-0.3, -0.25) is 0 Å². The van der Waals surface area contributed by atoms with E-state index in [2.05, 4.69) is 10.3 Å². The minimum absolute atomic E-state index is 0.00835. The normalized spacial score (nSPS) is 12.6. The van der Waals surface area contributed by atoms with E-state index in [1.807, 2.05) is 17.5 Å². The highest BCUT2D eigenvalue weighted by Gasteiger charge is 2.26. The molecule has 1 unspecified atom stereocenters. The Labute approximate surface area is 127 Å². The van der Waals surface area contributed by atoms with E-state index >= 15 is 0 Å².